The van der Waals surface area contributed by atoms with Gasteiger partial charge >= 0.3 is 0 Å². The lowest BCUT2D eigenvalue weighted by Gasteiger charge is -2.35. The van der Waals surface area contributed by atoms with Crippen molar-refractivity contribution in [1.29, 1.82) is 0 Å². The molecule has 0 unspecified atom stereocenters. The fourth-order valence-corrected chi connectivity index (χ4v) is 9.91. The summed E-state index contributed by atoms with van der Waals surface area (Å²) in [4.78, 5) is 57.6. The predicted octanol–water partition coefficient (Wildman–Crippen LogP) is 10.1. The maximum atomic E-state index is 14.1. The van der Waals surface area contributed by atoms with E-state index >= 15 is 0 Å². The molecule has 1 aliphatic rings. The topological polar surface area (TPSA) is 159 Å². The Morgan fingerprint density at radius 2 is 1.67 bits per heavy atom. The van der Waals surface area contributed by atoms with Gasteiger partial charge in [0.2, 0.25) is 17.7 Å². The van der Waals surface area contributed by atoms with Crippen LogP contribution in [0.3, 0.4) is 0 Å². The van der Waals surface area contributed by atoms with E-state index in [0.29, 0.717) is 18.1 Å². The molecule has 0 spiro atoms. The smallest absolute Gasteiger partial charge is 0.246 e. The van der Waals surface area contributed by atoms with Crippen molar-refractivity contribution in [2.75, 3.05) is 18.5 Å². The molecule has 63 heavy (non-hydrogen) atoms. The second-order valence-electron chi connectivity index (χ2n) is 16.7. The first-order chi connectivity index (χ1) is 30.2. The Balaban J connectivity index is 0.874. The molecule has 16 heteroatoms. The zero-order valence-corrected chi connectivity index (χ0v) is 39.1. The molecule has 3 aromatic heterocycles. The third kappa shape index (κ3) is 11.7. The molecule has 1 aliphatic heterocycles. The molecule has 0 radical (unpaired) electrons. The fourth-order valence-electron chi connectivity index (χ4n) is 7.40. The van der Waals surface area contributed by atoms with Crippen LogP contribution < -0.4 is 20.7 Å². The first-order valence-electron chi connectivity index (χ1n) is 21.0. The van der Waals surface area contributed by atoms with Gasteiger partial charge in [0.1, 0.15) is 28.5 Å². The minimum Gasteiger partial charge on any atom is -0.493 e. The Labute approximate surface area is 385 Å². The highest BCUT2D eigenvalue weighted by atomic mass is 35.5. The summed E-state index contributed by atoms with van der Waals surface area (Å²) in [5, 5.41) is 26.2. The average Bonchev–Trinajstić information content (AvgIpc) is 4.10. The number of benzene rings is 3. The Hall–Kier alpha value is -5.19. The van der Waals surface area contributed by atoms with Gasteiger partial charge in [0.25, 0.3) is 0 Å². The lowest BCUT2D eigenvalue weighted by atomic mass is 9.85. The SMILES string of the molecule is Cc1ncsc1-c1ccc([C@H](C)NC(=O)[C@@H]2C[C@@H](O)CN2C(=O)[C@@H](NC(=O)CCCCCOc2ccccc2-c2csc(-c3csc(Nc4ccc(Cl)cc4)n3)n2)C(C)(C)C)cc1. The molecule has 6 aromatic rings. The number of carbonyl (C=O) groups excluding carboxylic acids is 3. The molecule has 0 aliphatic carbocycles. The number of unbranched alkanes of at least 4 members (excludes halogenated alkanes) is 2. The van der Waals surface area contributed by atoms with Crippen LogP contribution in [0.15, 0.2) is 89.1 Å². The second kappa shape index (κ2) is 20.5. The lowest BCUT2D eigenvalue weighted by Crippen LogP contribution is -2.57. The monoisotopic (exact) mass is 925 g/mol. The molecule has 4 N–H and O–H groups in total. The number of β-amino-alcohol motifs (C(OH)–C–C–N with tert-alkyl or cyclic N) is 1. The molecule has 1 saturated heterocycles. The molecule has 7 rings (SSSR count). The Morgan fingerprint density at radius 1 is 0.921 bits per heavy atom. The Morgan fingerprint density at radius 3 is 2.40 bits per heavy atom. The lowest BCUT2D eigenvalue weighted by molar-refractivity contribution is -0.144. The molecule has 330 valence electrons. The van der Waals surface area contributed by atoms with Gasteiger partial charge in [-0.25, -0.2) is 15.0 Å². The molecular weight excluding hydrogens is 874 g/mol. The molecule has 4 atom stereocenters. The summed E-state index contributed by atoms with van der Waals surface area (Å²) in [6.07, 6.45) is 1.58. The van der Waals surface area contributed by atoms with E-state index in [-0.39, 0.29) is 43.1 Å². The number of nitrogens with one attached hydrogen (secondary N) is 3. The number of ether oxygens (including phenoxy) is 1. The first kappa shape index (κ1) is 45.8. The molecule has 12 nitrogen and oxygen atoms in total. The second-order valence-corrected chi connectivity index (χ2v) is 19.8. The van der Waals surface area contributed by atoms with Gasteiger partial charge in [-0.15, -0.1) is 34.0 Å². The number of aliphatic hydroxyl groups is 1. The van der Waals surface area contributed by atoms with Crippen LogP contribution in [0.2, 0.25) is 5.02 Å². The van der Waals surface area contributed by atoms with Crippen molar-refractivity contribution in [3.05, 3.63) is 105 Å². The number of likely N-dealkylation sites (tertiary alicyclic amines) is 1. The first-order valence-corrected chi connectivity index (χ1v) is 24.0. The summed E-state index contributed by atoms with van der Waals surface area (Å²) >= 11 is 10.6. The Kier molecular flexibility index (Phi) is 14.9. The summed E-state index contributed by atoms with van der Waals surface area (Å²) in [6, 6.07) is 21.2. The quantitative estimate of drug-likeness (QED) is 0.0654. The number of rotatable bonds is 17. The zero-order valence-electron chi connectivity index (χ0n) is 35.9. The predicted molar refractivity (Wildman–Crippen MR) is 254 cm³/mol. The number of amides is 3. The van der Waals surface area contributed by atoms with E-state index in [1.165, 1.54) is 27.6 Å². The molecular formula is C47H52ClN7O5S3. The van der Waals surface area contributed by atoms with Crippen molar-refractivity contribution in [2.24, 2.45) is 5.41 Å². The van der Waals surface area contributed by atoms with Crippen LogP contribution in [0, 0.1) is 12.3 Å². The number of aryl methyl sites for hydroxylation is 1. The number of para-hydroxylation sites is 1. The highest BCUT2D eigenvalue weighted by molar-refractivity contribution is 7.16. The highest BCUT2D eigenvalue weighted by Crippen LogP contribution is 2.36. The normalized spacial score (nSPS) is 16.1. The third-order valence-electron chi connectivity index (χ3n) is 10.9. The van der Waals surface area contributed by atoms with Crippen molar-refractivity contribution in [3.8, 4) is 38.1 Å². The number of nitrogens with zero attached hydrogens (tertiary/aromatic N) is 4. The molecule has 0 bridgehead atoms. The van der Waals surface area contributed by atoms with E-state index in [4.69, 9.17) is 26.3 Å². The van der Waals surface area contributed by atoms with Crippen LogP contribution in [0.4, 0.5) is 10.8 Å². The summed E-state index contributed by atoms with van der Waals surface area (Å²) in [7, 11) is 0. The minimum absolute atomic E-state index is 0.0135. The number of aromatic nitrogens is 3. The van der Waals surface area contributed by atoms with Gasteiger partial charge in [0.05, 0.1) is 40.5 Å². The molecule has 3 amide bonds. The number of anilines is 2. The van der Waals surface area contributed by atoms with E-state index in [9.17, 15) is 19.5 Å². The molecule has 3 aromatic carbocycles. The van der Waals surface area contributed by atoms with Crippen LogP contribution in [-0.2, 0) is 14.4 Å². The van der Waals surface area contributed by atoms with Crippen molar-refractivity contribution < 1.29 is 24.2 Å². The van der Waals surface area contributed by atoms with Gasteiger partial charge in [-0.2, -0.15) is 0 Å². The van der Waals surface area contributed by atoms with Gasteiger partial charge in [0, 0.05) is 46.4 Å². The average molecular weight is 927 g/mol. The zero-order chi connectivity index (χ0) is 44.7. The van der Waals surface area contributed by atoms with E-state index in [2.05, 4.69) is 20.9 Å². The van der Waals surface area contributed by atoms with Crippen LogP contribution in [0.5, 0.6) is 5.75 Å². The van der Waals surface area contributed by atoms with Crippen molar-refractivity contribution in [1.82, 2.24) is 30.5 Å². The van der Waals surface area contributed by atoms with Crippen LogP contribution in [0.1, 0.15) is 77.1 Å². The largest absolute Gasteiger partial charge is 0.493 e. The van der Waals surface area contributed by atoms with E-state index in [0.717, 1.165) is 73.1 Å². The van der Waals surface area contributed by atoms with Crippen molar-refractivity contribution in [3.63, 3.8) is 0 Å². The van der Waals surface area contributed by atoms with Gasteiger partial charge in [-0.05, 0) is 86.1 Å². The van der Waals surface area contributed by atoms with E-state index in [1.54, 1.807) is 11.3 Å². The summed E-state index contributed by atoms with van der Waals surface area (Å²) in [6.45, 7) is 10.00. The third-order valence-corrected chi connectivity index (χ3v) is 13.7. The van der Waals surface area contributed by atoms with Gasteiger partial charge in [-0.1, -0.05) is 68.8 Å². The van der Waals surface area contributed by atoms with E-state index < -0.39 is 23.6 Å². The number of carbonyl (C=O) groups is 3. The number of hydrogen-bond donors (Lipinski definition) is 4. The standard InChI is InChI=1S/C47H52ClN7O5S3/c1-28(30-14-16-31(17-15-30)41-29(2)49-27-63-41)50-43(58)38-23-34(56)24-55(38)45(59)42(47(3,4)5)54-40(57)13-7-6-10-22-60-39-12-9-8-11-35(39)36-25-61-44(52-36)37-26-62-46(53-37)51-33-20-18-32(48)19-21-33/h8-9,11-12,14-21,25-28,34,38,42,56H,6-7,10,13,22-24H2,1-5H3,(H,50,58)(H,51,53)(H,54,57)/t28-,34+,38-,42+/m0/s1. The van der Waals surface area contributed by atoms with Crippen molar-refractivity contribution in [2.45, 2.75) is 91.0 Å². The van der Waals surface area contributed by atoms with Crippen LogP contribution in [-0.4, -0.2) is 74.0 Å². The summed E-state index contributed by atoms with van der Waals surface area (Å²) in [5.41, 5.74) is 7.51. The number of thiazole rings is 3. The number of halogens is 1. The Bertz CT molecular complexity index is 2500. The number of aliphatic hydroxyl groups excluding tert-OH is 1. The van der Waals surface area contributed by atoms with E-state index in [1.807, 2.05) is 124 Å². The van der Waals surface area contributed by atoms with Gasteiger partial charge in [0.15, 0.2) is 5.13 Å². The van der Waals surface area contributed by atoms with Gasteiger partial charge in [-0.3, -0.25) is 14.4 Å². The minimum atomic E-state index is -0.888. The maximum absolute atomic E-state index is 14.1. The van der Waals surface area contributed by atoms with Crippen molar-refractivity contribution >= 4 is 74.2 Å². The molecule has 1 fully saturated rings. The van der Waals surface area contributed by atoms with Crippen LogP contribution >= 0.6 is 45.6 Å². The maximum Gasteiger partial charge on any atom is 0.246 e. The number of hydrogen-bond acceptors (Lipinski definition) is 12. The highest BCUT2D eigenvalue weighted by Gasteiger charge is 2.44. The fraction of sp³-hybridized carbons (Fsp3) is 0.362. The van der Waals surface area contributed by atoms with Gasteiger partial charge < -0.3 is 30.7 Å². The molecule has 0 saturated carbocycles. The summed E-state index contributed by atoms with van der Waals surface area (Å²) in [5.74, 6) is -0.241. The van der Waals surface area contributed by atoms with Crippen LogP contribution in [0.25, 0.3) is 32.4 Å². The summed E-state index contributed by atoms with van der Waals surface area (Å²) < 4.78 is 6.23. The molecule has 4 heterocycles.